The van der Waals surface area contributed by atoms with Crippen LogP contribution in [0.15, 0.2) is 36.4 Å². The van der Waals surface area contributed by atoms with Gasteiger partial charge in [-0.2, -0.15) is 0 Å². The summed E-state index contributed by atoms with van der Waals surface area (Å²) in [6.07, 6.45) is 0.252. The minimum absolute atomic E-state index is 0.130. The summed E-state index contributed by atoms with van der Waals surface area (Å²) in [6.45, 7) is 0.340. The molecule has 0 saturated heterocycles. The van der Waals surface area contributed by atoms with Crippen molar-refractivity contribution in [3.8, 4) is 0 Å². The van der Waals surface area contributed by atoms with Gasteiger partial charge in [-0.3, -0.25) is 4.79 Å². The van der Waals surface area contributed by atoms with Gasteiger partial charge in [-0.15, -0.1) is 0 Å². The number of nitrogens with zero attached hydrogens (tertiary/aromatic N) is 2. The van der Waals surface area contributed by atoms with Gasteiger partial charge in [0.2, 0.25) is 5.91 Å². The Morgan fingerprint density at radius 3 is 2.85 bits per heavy atom. The summed E-state index contributed by atoms with van der Waals surface area (Å²) in [6, 6.07) is 9.64. The first kappa shape index (κ1) is 12.9. The van der Waals surface area contributed by atoms with Crippen LogP contribution >= 0.6 is 11.6 Å². The van der Waals surface area contributed by atoms with E-state index in [1.165, 1.54) is 6.07 Å². The molecule has 20 heavy (non-hydrogen) atoms. The molecule has 1 aromatic carbocycles. The Balaban J connectivity index is 2.15. The number of halogens is 2. The normalized spacial score (nSPS) is 14.5. The molecule has 1 aliphatic rings. The zero-order valence-corrected chi connectivity index (χ0v) is 11.2. The fraction of sp³-hybridized carbons (Fsp3) is 0.143. The molecule has 2 aromatic rings. The van der Waals surface area contributed by atoms with E-state index in [0.29, 0.717) is 28.9 Å². The van der Waals surface area contributed by atoms with Gasteiger partial charge in [0.05, 0.1) is 11.4 Å². The van der Waals surface area contributed by atoms with Crippen LogP contribution in [0.3, 0.4) is 0 Å². The monoisotopic (exact) mass is 291 g/mol. The summed E-state index contributed by atoms with van der Waals surface area (Å²) >= 11 is 5.91. The van der Waals surface area contributed by atoms with Crippen molar-refractivity contribution in [2.45, 2.75) is 6.42 Å². The quantitative estimate of drug-likeness (QED) is 0.820. The van der Waals surface area contributed by atoms with Crippen LogP contribution in [0, 0.1) is 5.82 Å². The lowest BCUT2D eigenvalue weighted by molar-refractivity contribution is -0.115. The molecule has 1 aromatic heterocycles. The number of nitrogens with one attached hydrogen (secondary N) is 1. The van der Waals surface area contributed by atoms with E-state index < -0.39 is 0 Å². The number of fused-ring (bicyclic) bond motifs is 1. The average molecular weight is 292 g/mol. The van der Waals surface area contributed by atoms with Crippen molar-refractivity contribution >= 4 is 34.7 Å². The van der Waals surface area contributed by atoms with Crippen molar-refractivity contribution in [1.29, 1.82) is 0 Å². The van der Waals surface area contributed by atoms with Crippen molar-refractivity contribution in [3.63, 3.8) is 0 Å². The third-order valence-electron chi connectivity index (χ3n) is 3.08. The maximum absolute atomic E-state index is 14.0. The van der Waals surface area contributed by atoms with Gasteiger partial charge in [0.25, 0.3) is 0 Å². The second-order valence-corrected chi connectivity index (χ2v) is 4.79. The van der Waals surface area contributed by atoms with Gasteiger partial charge >= 0.3 is 0 Å². The molecule has 1 amide bonds. The number of para-hydroxylation sites is 1. The van der Waals surface area contributed by atoms with Crippen molar-refractivity contribution in [3.05, 3.63) is 47.4 Å². The topological polar surface area (TPSA) is 45.2 Å². The van der Waals surface area contributed by atoms with Crippen molar-refractivity contribution < 1.29 is 9.18 Å². The summed E-state index contributed by atoms with van der Waals surface area (Å²) < 4.78 is 14.0. The summed E-state index contributed by atoms with van der Waals surface area (Å²) in [5.41, 5.74) is 0.903. The standard InChI is InChI=1S/C14H11ClFN3O/c15-12-6-5-10-14(18-12)19(8-7-13(20)17-10)11-4-2-1-3-9(11)16/h1-6H,7-8H2,(H,17,20). The number of anilines is 3. The second kappa shape index (κ2) is 5.09. The van der Waals surface area contributed by atoms with Gasteiger partial charge < -0.3 is 10.2 Å². The predicted octanol–water partition coefficient (Wildman–Crippen LogP) is 3.35. The van der Waals surface area contributed by atoms with Gasteiger partial charge in [0.15, 0.2) is 5.82 Å². The molecule has 3 rings (SSSR count). The van der Waals surface area contributed by atoms with Crippen LogP contribution in [0.4, 0.5) is 21.6 Å². The number of rotatable bonds is 1. The van der Waals surface area contributed by atoms with E-state index in [0.717, 1.165) is 0 Å². The molecule has 0 fully saturated rings. The molecule has 0 bridgehead atoms. The van der Waals surface area contributed by atoms with Crippen LogP contribution in [0.25, 0.3) is 0 Å². The number of hydrogen-bond acceptors (Lipinski definition) is 3. The van der Waals surface area contributed by atoms with Crippen LogP contribution in [0.2, 0.25) is 5.15 Å². The summed E-state index contributed by atoms with van der Waals surface area (Å²) in [5, 5.41) is 3.04. The Morgan fingerprint density at radius 1 is 1.25 bits per heavy atom. The molecule has 0 unspecified atom stereocenters. The third-order valence-corrected chi connectivity index (χ3v) is 3.29. The number of carbonyl (C=O) groups is 1. The number of amides is 1. The van der Waals surface area contributed by atoms with Crippen molar-refractivity contribution in [1.82, 2.24) is 4.98 Å². The largest absolute Gasteiger partial charge is 0.323 e. The zero-order chi connectivity index (χ0) is 14.1. The highest BCUT2D eigenvalue weighted by Crippen LogP contribution is 2.34. The van der Waals surface area contributed by atoms with Gasteiger partial charge in [0, 0.05) is 13.0 Å². The summed E-state index contributed by atoms with van der Waals surface area (Å²) in [4.78, 5) is 17.6. The van der Waals surface area contributed by atoms with Crippen LogP contribution in [-0.2, 0) is 4.79 Å². The Morgan fingerprint density at radius 2 is 2.05 bits per heavy atom. The Kier molecular flexibility index (Phi) is 3.28. The van der Waals surface area contributed by atoms with E-state index in [2.05, 4.69) is 10.3 Å². The van der Waals surface area contributed by atoms with Crippen LogP contribution in [0.1, 0.15) is 6.42 Å². The van der Waals surface area contributed by atoms with E-state index in [-0.39, 0.29) is 18.1 Å². The smallest absolute Gasteiger partial charge is 0.226 e. The van der Waals surface area contributed by atoms with Gasteiger partial charge in [-0.05, 0) is 24.3 Å². The fourth-order valence-corrected chi connectivity index (χ4v) is 2.31. The first-order valence-electron chi connectivity index (χ1n) is 6.13. The van der Waals surface area contributed by atoms with Gasteiger partial charge in [-0.25, -0.2) is 9.37 Å². The van der Waals surface area contributed by atoms with Crippen molar-refractivity contribution in [2.75, 3.05) is 16.8 Å². The minimum atomic E-state index is -0.366. The molecule has 1 N–H and O–H groups in total. The first-order valence-corrected chi connectivity index (χ1v) is 6.51. The lowest BCUT2D eigenvalue weighted by Gasteiger charge is -2.23. The molecule has 102 valence electrons. The summed E-state index contributed by atoms with van der Waals surface area (Å²) in [5.74, 6) is -0.0442. The van der Waals surface area contributed by atoms with E-state index in [9.17, 15) is 9.18 Å². The van der Waals surface area contributed by atoms with E-state index in [4.69, 9.17) is 11.6 Å². The molecular weight excluding hydrogens is 281 g/mol. The zero-order valence-electron chi connectivity index (χ0n) is 10.4. The van der Waals surface area contributed by atoms with Crippen LogP contribution in [-0.4, -0.2) is 17.4 Å². The minimum Gasteiger partial charge on any atom is -0.323 e. The molecule has 4 nitrogen and oxygen atoms in total. The number of hydrogen-bond donors (Lipinski definition) is 1. The first-order chi connectivity index (χ1) is 9.65. The van der Waals surface area contributed by atoms with Crippen LogP contribution < -0.4 is 10.2 Å². The molecule has 0 atom stereocenters. The Labute approximate surface area is 120 Å². The molecule has 0 saturated carbocycles. The highest BCUT2D eigenvalue weighted by atomic mass is 35.5. The average Bonchev–Trinajstić information content (AvgIpc) is 2.58. The highest BCUT2D eigenvalue weighted by Gasteiger charge is 2.23. The Bertz CT molecular complexity index is 677. The van der Waals surface area contributed by atoms with E-state index in [1.54, 1.807) is 35.2 Å². The molecule has 0 spiro atoms. The lowest BCUT2D eigenvalue weighted by atomic mass is 10.2. The van der Waals surface area contributed by atoms with Gasteiger partial charge in [-0.1, -0.05) is 23.7 Å². The number of benzene rings is 1. The van der Waals surface area contributed by atoms with E-state index >= 15 is 0 Å². The number of carbonyl (C=O) groups excluding carboxylic acids is 1. The second-order valence-electron chi connectivity index (χ2n) is 4.41. The molecule has 0 radical (unpaired) electrons. The van der Waals surface area contributed by atoms with Crippen LogP contribution in [0.5, 0.6) is 0 Å². The lowest BCUT2D eigenvalue weighted by Crippen LogP contribution is -2.20. The molecule has 6 heteroatoms. The Hall–Kier alpha value is -2.14. The predicted molar refractivity (Wildman–Crippen MR) is 75.9 cm³/mol. The third kappa shape index (κ3) is 2.32. The fourth-order valence-electron chi connectivity index (χ4n) is 2.17. The maximum Gasteiger partial charge on any atom is 0.226 e. The van der Waals surface area contributed by atoms with E-state index in [1.807, 2.05) is 0 Å². The molecule has 1 aliphatic heterocycles. The SMILES string of the molecule is O=C1CCN(c2ccccc2F)c2nc(Cl)ccc2N1. The van der Waals surface area contributed by atoms with Gasteiger partial charge in [0.1, 0.15) is 11.0 Å². The highest BCUT2D eigenvalue weighted by molar-refractivity contribution is 6.29. The number of aromatic nitrogens is 1. The molecular formula is C14H11ClFN3O. The molecule has 0 aliphatic carbocycles. The number of pyridine rings is 1. The summed E-state index contributed by atoms with van der Waals surface area (Å²) in [7, 11) is 0. The molecule has 2 heterocycles. The van der Waals surface area contributed by atoms with Crippen molar-refractivity contribution in [2.24, 2.45) is 0 Å². The maximum atomic E-state index is 14.0.